The Labute approximate surface area is 196 Å². The third-order valence-electron chi connectivity index (χ3n) is 9.50. The molecule has 0 radical (unpaired) electrons. The summed E-state index contributed by atoms with van der Waals surface area (Å²) >= 11 is 0. The van der Waals surface area contributed by atoms with E-state index in [9.17, 15) is 19.8 Å². The van der Waals surface area contributed by atoms with Crippen LogP contribution in [0.25, 0.3) is 0 Å². The van der Waals surface area contributed by atoms with Gasteiger partial charge < -0.3 is 24.4 Å². The first kappa shape index (κ1) is 23.6. The first-order valence-corrected chi connectivity index (χ1v) is 13.2. The topological polar surface area (TPSA) is 102 Å². The molecule has 1 saturated heterocycles. The number of hydrogen-bond acceptors (Lipinski definition) is 6. The molecular weight excluding hydrogens is 424 g/mol. The highest BCUT2D eigenvalue weighted by Gasteiger charge is 2.51. The molecule has 0 aromatic rings. The number of carboxylic acid groups (broad SMARTS) is 1. The van der Waals surface area contributed by atoms with E-state index in [0.717, 1.165) is 70.6 Å². The zero-order valence-electron chi connectivity index (χ0n) is 19.7. The van der Waals surface area contributed by atoms with Gasteiger partial charge in [0, 0.05) is 18.4 Å². The van der Waals surface area contributed by atoms with E-state index in [1.807, 2.05) is 0 Å². The van der Waals surface area contributed by atoms with Gasteiger partial charge in [0.05, 0.1) is 30.7 Å². The molecule has 5 fully saturated rings. The van der Waals surface area contributed by atoms with Crippen LogP contribution in [0.2, 0.25) is 0 Å². The van der Waals surface area contributed by atoms with Crippen LogP contribution in [0.3, 0.4) is 0 Å². The molecule has 5 rings (SSSR count). The fourth-order valence-corrected chi connectivity index (χ4v) is 8.04. The molecule has 0 spiro atoms. The maximum absolute atomic E-state index is 13.1. The lowest BCUT2D eigenvalue weighted by Crippen LogP contribution is -2.48. The van der Waals surface area contributed by atoms with Crippen LogP contribution in [0.15, 0.2) is 0 Å². The minimum absolute atomic E-state index is 0.00902. The lowest BCUT2D eigenvalue weighted by molar-refractivity contribution is -0.243. The molecule has 0 aromatic heterocycles. The fourth-order valence-electron chi connectivity index (χ4n) is 8.04. The summed E-state index contributed by atoms with van der Waals surface area (Å²) < 4.78 is 18.0. The molecule has 6 atom stereocenters. The van der Waals surface area contributed by atoms with Crippen LogP contribution in [0, 0.1) is 40.4 Å². The summed E-state index contributed by atoms with van der Waals surface area (Å²) in [4.78, 5) is 25.1. The number of rotatable bonds is 6. The highest BCUT2D eigenvalue weighted by Crippen LogP contribution is 2.53. The van der Waals surface area contributed by atoms with E-state index in [1.54, 1.807) is 0 Å². The number of carbonyl (C=O) groups is 2. The van der Waals surface area contributed by atoms with Crippen molar-refractivity contribution in [2.75, 3.05) is 26.4 Å². The maximum atomic E-state index is 13.1. The summed E-state index contributed by atoms with van der Waals surface area (Å²) in [5.74, 6) is 0.570. The number of fused-ring (bicyclic) bond motifs is 4. The van der Waals surface area contributed by atoms with Crippen LogP contribution in [0.1, 0.15) is 77.0 Å². The van der Waals surface area contributed by atoms with Gasteiger partial charge in [-0.05, 0) is 69.1 Å². The average molecular weight is 465 g/mol. The molecule has 2 N–H and O–H groups in total. The number of carboxylic acids is 1. The van der Waals surface area contributed by atoms with Gasteiger partial charge in [0.15, 0.2) is 6.29 Å². The van der Waals surface area contributed by atoms with Crippen molar-refractivity contribution in [3.8, 4) is 0 Å². The lowest BCUT2D eigenvalue weighted by Gasteiger charge is -2.48. The van der Waals surface area contributed by atoms with E-state index in [4.69, 9.17) is 14.2 Å². The summed E-state index contributed by atoms with van der Waals surface area (Å²) in [6, 6.07) is 0. The molecule has 7 nitrogen and oxygen atoms in total. The second-order valence-corrected chi connectivity index (χ2v) is 12.0. The quantitative estimate of drug-likeness (QED) is 0.577. The minimum atomic E-state index is -0.659. The van der Waals surface area contributed by atoms with E-state index >= 15 is 0 Å². The van der Waals surface area contributed by atoms with Crippen molar-refractivity contribution in [2.45, 2.75) is 83.3 Å². The van der Waals surface area contributed by atoms with Crippen molar-refractivity contribution in [1.82, 2.24) is 0 Å². The number of carbonyl (C=O) groups excluding carboxylic acids is 1. The van der Waals surface area contributed by atoms with Gasteiger partial charge in [0.25, 0.3) is 0 Å². The Bertz CT molecular complexity index is 732. The van der Waals surface area contributed by atoms with E-state index in [1.165, 1.54) is 0 Å². The van der Waals surface area contributed by atoms with Gasteiger partial charge in [0.2, 0.25) is 0 Å². The molecule has 4 aliphatic carbocycles. The lowest BCUT2D eigenvalue weighted by atomic mass is 9.59. The van der Waals surface area contributed by atoms with Crippen molar-refractivity contribution in [1.29, 1.82) is 0 Å². The second kappa shape index (κ2) is 9.46. The van der Waals surface area contributed by atoms with Crippen LogP contribution in [-0.2, 0) is 23.8 Å². The standard InChI is InChI=1S/C26H40O7/c27-13-19-7-17-3-2-6-26(10-17,11-19)24(30)33-16-20-14-31-22(32-15-20)21-8-18-4-1-5-25(9-18,12-21)23(28)29/h17-22,27H,1-16H2,(H,28,29). The molecular formula is C26H40O7. The molecule has 6 unspecified atom stereocenters. The summed E-state index contributed by atoms with van der Waals surface area (Å²) in [5.41, 5.74) is -1.02. The van der Waals surface area contributed by atoms with Crippen molar-refractivity contribution in [2.24, 2.45) is 40.4 Å². The fraction of sp³-hybridized carbons (Fsp3) is 0.923. The monoisotopic (exact) mass is 464 g/mol. The van der Waals surface area contributed by atoms with Crippen molar-refractivity contribution < 1.29 is 34.0 Å². The van der Waals surface area contributed by atoms with Crippen LogP contribution < -0.4 is 0 Å². The van der Waals surface area contributed by atoms with Gasteiger partial charge in [0.1, 0.15) is 0 Å². The van der Waals surface area contributed by atoms with Gasteiger partial charge in [-0.15, -0.1) is 0 Å². The zero-order chi connectivity index (χ0) is 23.1. The Morgan fingerprint density at radius 1 is 0.879 bits per heavy atom. The minimum Gasteiger partial charge on any atom is -0.481 e. The molecule has 7 heteroatoms. The molecule has 1 aliphatic heterocycles. The van der Waals surface area contributed by atoms with E-state index in [0.29, 0.717) is 38.1 Å². The number of esters is 1. The van der Waals surface area contributed by atoms with Gasteiger partial charge in [-0.3, -0.25) is 9.59 Å². The molecule has 33 heavy (non-hydrogen) atoms. The summed E-state index contributed by atoms with van der Waals surface area (Å²) in [5, 5.41) is 19.6. The number of ether oxygens (including phenoxy) is 3. The van der Waals surface area contributed by atoms with Crippen LogP contribution in [-0.4, -0.2) is 54.9 Å². The molecule has 5 aliphatic rings. The van der Waals surface area contributed by atoms with E-state index < -0.39 is 16.8 Å². The van der Waals surface area contributed by atoms with E-state index in [-0.39, 0.29) is 36.6 Å². The second-order valence-electron chi connectivity index (χ2n) is 12.0. The maximum Gasteiger partial charge on any atom is 0.312 e. The van der Waals surface area contributed by atoms with Crippen LogP contribution in [0.5, 0.6) is 0 Å². The zero-order valence-corrected chi connectivity index (χ0v) is 19.7. The number of aliphatic carboxylic acids is 1. The van der Waals surface area contributed by atoms with Crippen molar-refractivity contribution in [3.63, 3.8) is 0 Å². The molecule has 0 amide bonds. The Morgan fingerprint density at radius 2 is 1.55 bits per heavy atom. The van der Waals surface area contributed by atoms with E-state index in [2.05, 4.69) is 0 Å². The summed E-state index contributed by atoms with van der Waals surface area (Å²) in [6.07, 6.45) is 10.7. The Kier molecular flexibility index (Phi) is 6.75. The number of aliphatic hydroxyl groups is 1. The summed E-state index contributed by atoms with van der Waals surface area (Å²) in [6.45, 7) is 1.42. The largest absolute Gasteiger partial charge is 0.481 e. The Hall–Kier alpha value is -1.18. The van der Waals surface area contributed by atoms with Gasteiger partial charge in [-0.25, -0.2) is 0 Å². The normalized spacial score (nSPS) is 45.2. The molecule has 4 bridgehead atoms. The average Bonchev–Trinajstić information content (AvgIpc) is 2.82. The smallest absolute Gasteiger partial charge is 0.312 e. The molecule has 186 valence electrons. The number of aliphatic hydroxyl groups excluding tert-OH is 1. The first-order chi connectivity index (χ1) is 15.9. The Balaban J connectivity index is 1.12. The molecule has 0 aromatic carbocycles. The predicted octanol–water partition coefficient (Wildman–Crippen LogP) is 3.77. The SMILES string of the molecule is O=C(O)C12CCCC(CC(C3OCC(COC(=O)C45CCCC(CC(CO)C4)C5)CO3)C1)C2. The Morgan fingerprint density at radius 3 is 2.24 bits per heavy atom. The predicted molar refractivity (Wildman–Crippen MR) is 119 cm³/mol. The highest BCUT2D eigenvalue weighted by atomic mass is 16.7. The summed E-state index contributed by atoms with van der Waals surface area (Å²) in [7, 11) is 0. The third kappa shape index (κ3) is 4.70. The third-order valence-corrected chi connectivity index (χ3v) is 9.50. The van der Waals surface area contributed by atoms with Crippen LogP contribution in [0.4, 0.5) is 0 Å². The van der Waals surface area contributed by atoms with Crippen molar-refractivity contribution in [3.05, 3.63) is 0 Å². The highest BCUT2D eigenvalue weighted by molar-refractivity contribution is 5.77. The van der Waals surface area contributed by atoms with Gasteiger partial charge in [-0.1, -0.05) is 25.7 Å². The van der Waals surface area contributed by atoms with Gasteiger partial charge >= 0.3 is 11.9 Å². The van der Waals surface area contributed by atoms with Crippen molar-refractivity contribution >= 4 is 11.9 Å². The van der Waals surface area contributed by atoms with Gasteiger partial charge in [-0.2, -0.15) is 0 Å². The molecule has 1 heterocycles. The van der Waals surface area contributed by atoms with Crippen LogP contribution >= 0.6 is 0 Å². The first-order valence-electron chi connectivity index (χ1n) is 13.2. The number of hydrogen-bond donors (Lipinski definition) is 2. The molecule has 4 saturated carbocycles.